The van der Waals surface area contributed by atoms with Gasteiger partial charge in [-0.15, -0.1) is 0 Å². The number of benzene rings is 1. The van der Waals surface area contributed by atoms with Crippen molar-refractivity contribution >= 4 is 29.5 Å². The molecule has 0 amide bonds. The van der Waals surface area contributed by atoms with Crippen LogP contribution in [0.3, 0.4) is 0 Å². The summed E-state index contributed by atoms with van der Waals surface area (Å²) in [6.07, 6.45) is 2.51. The Bertz CT molecular complexity index is 374. The summed E-state index contributed by atoms with van der Waals surface area (Å²) in [5, 5.41) is 0.811. The zero-order chi connectivity index (χ0) is 12.1. The zero-order valence-electron chi connectivity index (χ0n) is 9.30. The van der Waals surface area contributed by atoms with Gasteiger partial charge in [0.1, 0.15) is 5.75 Å². The van der Waals surface area contributed by atoms with E-state index in [4.69, 9.17) is 27.9 Å². The highest BCUT2D eigenvalue weighted by molar-refractivity contribution is 6.36. The van der Waals surface area contributed by atoms with Crippen LogP contribution in [0.1, 0.15) is 37.0 Å². The Balaban J connectivity index is 3.06. The second-order valence-electron chi connectivity index (χ2n) is 3.48. The third-order valence-corrected chi connectivity index (χ3v) is 2.86. The summed E-state index contributed by atoms with van der Waals surface area (Å²) in [6, 6.07) is 3.13. The van der Waals surface area contributed by atoms with Gasteiger partial charge >= 0.3 is 0 Å². The lowest BCUT2D eigenvalue weighted by molar-refractivity contribution is 0.111. The van der Waals surface area contributed by atoms with Gasteiger partial charge in [0, 0.05) is 5.02 Å². The number of carbonyl (C=O) groups is 1. The molecule has 0 N–H and O–H groups in total. The molecule has 0 spiro atoms. The topological polar surface area (TPSA) is 26.3 Å². The summed E-state index contributed by atoms with van der Waals surface area (Å²) in [5.74, 6) is 0.426. The highest BCUT2D eigenvalue weighted by atomic mass is 35.5. The first kappa shape index (κ1) is 13.3. The van der Waals surface area contributed by atoms with Crippen molar-refractivity contribution in [1.29, 1.82) is 0 Å². The van der Waals surface area contributed by atoms with Gasteiger partial charge in [0.2, 0.25) is 0 Å². The van der Waals surface area contributed by atoms with Crippen LogP contribution in [0, 0.1) is 0 Å². The number of hydrogen-bond donors (Lipinski definition) is 0. The van der Waals surface area contributed by atoms with Crippen LogP contribution in [0.5, 0.6) is 5.75 Å². The minimum atomic E-state index is 0.0670. The molecule has 0 aliphatic heterocycles. The van der Waals surface area contributed by atoms with Gasteiger partial charge in [0.15, 0.2) is 6.29 Å². The molecule has 16 heavy (non-hydrogen) atoms. The number of carbonyl (C=O) groups excluding carboxylic acids is 1. The maximum absolute atomic E-state index is 10.9. The van der Waals surface area contributed by atoms with E-state index in [-0.39, 0.29) is 6.10 Å². The Kier molecular flexibility index (Phi) is 5.10. The van der Waals surface area contributed by atoms with E-state index in [2.05, 4.69) is 0 Å². The van der Waals surface area contributed by atoms with Crippen LogP contribution in [-0.2, 0) is 0 Å². The third-order valence-electron chi connectivity index (χ3n) is 2.36. The average molecular weight is 261 g/mol. The van der Waals surface area contributed by atoms with Crippen LogP contribution in [0.2, 0.25) is 10.0 Å². The van der Waals surface area contributed by atoms with E-state index in [0.29, 0.717) is 27.6 Å². The second-order valence-corrected chi connectivity index (χ2v) is 4.32. The van der Waals surface area contributed by atoms with Crippen molar-refractivity contribution < 1.29 is 9.53 Å². The zero-order valence-corrected chi connectivity index (χ0v) is 10.8. The van der Waals surface area contributed by atoms with Gasteiger partial charge in [-0.3, -0.25) is 4.79 Å². The largest absolute Gasteiger partial charge is 0.488 e. The molecular weight excluding hydrogens is 247 g/mol. The van der Waals surface area contributed by atoms with Crippen LogP contribution >= 0.6 is 23.2 Å². The molecule has 0 aliphatic rings. The van der Waals surface area contributed by atoms with Gasteiger partial charge in [-0.1, -0.05) is 37.0 Å². The van der Waals surface area contributed by atoms with Gasteiger partial charge in [0.25, 0.3) is 0 Å². The summed E-state index contributed by atoms with van der Waals surface area (Å²) in [6.45, 7) is 4.05. The number of ether oxygens (including phenoxy) is 1. The molecule has 4 heteroatoms. The predicted octanol–water partition coefficient (Wildman–Crippen LogP) is 4.37. The number of aldehydes is 1. The maximum atomic E-state index is 10.9. The second kappa shape index (κ2) is 6.12. The van der Waals surface area contributed by atoms with E-state index in [9.17, 15) is 4.79 Å². The molecule has 0 unspecified atom stereocenters. The molecule has 0 heterocycles. The summed E-state index contributed by atoms with van der Waals surface area (Å²) in [7, 11) is 0. The summed E-state index contributed by atoms with van der Waals surface area (Å²) >= 11 is 11.8. The van der Waals surface area contributed by atoms with Crippen molar-refractivity contribution in [2.45, 2.75) is 32.8 Å². The minimum Gasteiger partial charge on any atom is -0.488 e. The van der Waals surface area contributed by atoms with Crippen molar-refractivity contribution in [3.05, 3.63) is 27.7 Å². The van der Waals surface area contributed by atoms with Crippen molar-refractivity contribution in [2.75, 3.05) is 0 Å². The molecule has 1 rings (SSSR count). The van der Waals surface area contributed by atoms with Gasteiger partial charge in [0.05, 0.1) is 16.7 Å². The lowest BCUT2D eigenvalue weighted by Gasteiger charge is -2.18. The van der Waals surface area contributed by atoms with Crippen LogP contribution in [0.25, 0.3) is 0 Å². The van der Waals surface area contributed by atoms with Crippen LogP contribution in [-0.4, -0.2) is 12.4 Å². The molecule has 88 valence electrons. The van der Waals surface area contributed by atoms with Crippen LogP contribution in [0.15, 0.2) is 12.1 Å². The highest BCUT2D eigenvalue weighted by Gasteiger charge is 2.14. The number of rotatable bonds is 5. The highest BCUT2D eigenvalue weighted by Crippen LogP contribution is 2.32. The van der Waals surface area contributed by atoms with Gasteiger partial charge in [-0.2, -0.15) is 0 Å². The molecule has 1 aromatic carbocycles. The van der Waals surface area contributed by atoms with E-state index in [1.807, 2.05) is 13.8 Å². The minimum absolute atomic E-state index is 0.0670. The molecular formula is C12H14Cl2O2. The Morgan fingerprint density at radius 3 is 2.44 bits per heavy atom. The lowest BCUT2D eigenvalue weighted by atomic mass is 10.2. The molecule has 2 nitrogen and oxygen atoms in total. The number of halogens is 2. The quantitative estimate of drug-likeness (QED) is 0.735. The molecule has 0 atom stereocenters. The Morgan fingerprint density at radius 2 is 1.94 bits per heavy atom. The van der Waals surface area contributed by atoms with E-state index in [1.54, 1.807) is 12.1 Å². The molecule has 0 radical (unpaired) electrons. The molecule has 1 aromatic rings. The first-order valence-electron chi connectivity index (χ1n) is 5.23. The molecule has 0 saturated carbocycles. The monoisotopic (exact) mass is 260 g/mol. The van der Waals surface area contributed by atoms with Crippen molar-refractivity contribution in [1.82, 2.24) is 0 Å². The smallest absolute Gasteiger partial charge is 0.153 e. The lowest BCUT2D eigenvalue weighted by Crippen LogP contribution is -2.15. The summed E-state index contributed by atoms with van der Waals surface area (Å²) in [5.41, 5.74) is 0.393. The molecule has 0 bridgehead atoms. The molecule has 0 aromatic heterocycles. The van der Waals surface area contributed by atoms with E-state index in [1.165, 1.54) is 0 Å². The van der Waals surface area contributed by atoms with E-state index < -0.39 is 0 Å². The molecule has 0 saturated heterocycles. The van der Waals surface area contributed by atoms with Crippen LogP contribution < -0.4 is 4.74 Å². The Hall–Kier alpha value is -0.730. The maximum Gasteiger partial charge on any atom is 0.153 e. The fourth-order valence-corrected chi connectivity index (χ4v) is 1.97. The van der Waals surface area contributed by atoms with Gasteiger partial charge in [-0.05, 0) is 25.0 Å². The Labute approximate surface area is 106 Å². The van der Waals surface area contributed by atoms with Gasteiger partial charge < -0.3 is 4.74 Å². The summed E-state index contributed by atoms with van der Waals surface area (Å²) in [4.78, 5) is 10.9. The van der Waals surface area contributed by atoms with E-state index in [0.717, 1.165) is 12.8 Å². The van der Waals surface area contributed by atoms with Crippen molar-refractivity contribution in [2.24, 2.45) is 0 Å². The van der Waals surface area contributed by atoms with Crippen molar-refractivity contribution in [3.63, 3.8) is 0 Å². The average Bonchev–Trinajstić information content (AvgIpc) is 2.27. The fourth-order valence-electron chi connectivity index (χ4n) is 1.41. The van der Waals surface area contributed by atoms with Crippen molar-refractivity contribution in [3.8, 4) is 5.75 Å². The standard InChI is InChI=1S/C12H14Cl2O2/c1-3-10(4-2)16-12-8(7-15)5-9(13)6-11(12)14/h5-7,10H,3-4H2,1-2H3. The SMILES string of the molecule is CCC(CC)Oc1c(Cl)cc(Cl)cc1C=O. The number of hydrogen-bond acceptors (Lipinski definition) is 2. The fraction of sp³-hybridized carbons (Fsp3) is 0.417. The summed E-state index contributed by atoms with van der Waals surface area (Å²) < 4.78 is 5.70. The van der Waals surface area contributed by atoms with E-state index >= 15 is 0 Å². The van der Waals surface area contributed by atoms with Crippen LogP contribution in [0.4, 0.5) is 0 Å². The first-order valence-corrected chi connectivity index (χ1v) is 5.98. The molecule has 0 aliphatic carbocycles. The normalized spacial score (nSPS) is 10.6. The first-order chi connectivity index (χ1) is 7.62. The van der Waals surface area contributed by atoms with Gasteiger partial charge in [-0.25, -0.2) is 0 Å². The molecule has 0 fully saturated rings. The third kappa shape index (κ3) is 3.13. The predicted molar refractivity (Wildman–Crippen MR) is 66.8 cm³/mol. The Morgan fingerprint density at radius 1 is 1.31 bits per heavy atom.